The van der Waals surface area contributed by atoms with Crippen molar-refractivity contribution in [1.29, 1.82) is 5.26 Å². The van der Waals surface area contributed by atoms with Gasteiger partial charge < -0.3 is 14.2 Å². The molecule has 30 heavy (non-hydrogen) atoms. The lowest BCUT2D eigenvalue weighted by Gasteiger charge is -2.06. The SMILES string of the molecule is CSc1nc(-c2cccc(-c3noc(COc4ccccc4)n3)c2)c(C#N)c(=O)[nH]1. The maximum atomic E-state index is 12.2. The van der Waals surface area contributed by atoms with Crippen LogP contribution in [0.5, 0.6) is 5.75 Å². The lowest BCUT2D eigenvalue weighted by Crippen LogP contribution is -2.14. The molecular formula is C21H15N5O3S. The fraction of sp³-hybridized carbons (Fsp3) is 0.0952. The highest BCUT2D eigenvalue weighted by molar-refractivity contribution is 7.98. The molecule has 9 heteroatoms. The summed E-state index contributed by atoms with van der Waals surface area (Å²) in [4.78, 5) is 23.5. The first-order valence-corrected chi connectivity index (χ1v) is 10.1. The Labute approximate surface area is 175 Å². The first-order chi connectivity index (χ1) is 14.7. The molecule has 0 bridgehead atoms. The van der Waals surface area contributed by atoms with Crippen LogP contribution in [-0.2, 0) is 6.61 Å². The van der Waals surface area contributed by atoms with Gasteiger partial charge in [-0.05, 0) is 24.5 Å². The first-order valence-electron chi connectivity index (χ1n) is 8.87. The molecule has 2 aromatic carbocycles. The molecule has 2 aromatic heterocycles. The van der Waals surface area contributed by atoms with Crippen molar-refractivity contribution in [2.45, 2.75) is 11.8 Å². The van der Waals surface area contributed by atoms with Crippen LogP contribution in [0.4, 0.5) is 0 Å². The van der Waals surface area contributed by atoms with Crippen LogP contribution < -0.4 is 10.3 Å². The topological polar surface area (TPSA) is 118 Å². The number of hydrogen-bond donors (Lipinski definition) is 1. The van der Waals surface area contributed by atoms with E-state index in [1.165, 1.54) is 11.8 Å². The second-order valence-electron chi connectivity index (χ2n) is 6.10. The monoisotopic (exact) mass is 417 g/mol. The van der Waals surface area contributed by atoms with Crippen LogP contribution in [0.15, 0.2) is 69.1 Å². The smallest absolute Gasteiger partial charge is 0.270 e. The van der Waals surface area contributed by atoms with Gasteiger partial charge >= 0.3 is 0 Å². The number of H-pyrrole nitrogens is 1. The number of nitrogens with zero attached hydrogens (tertiary/aromatic N) is 4. The summed E-state index contributed by atoms with van der Waals surface area (Å²) in [5.74, 6) is 1.40. The molecule has 8 nitrogen and oxygen atoms in total. The van der Waals surface area contributed by atoms with E-state index in [0.717, 1.165) is 0 Å². The Balaban J connectivity index is 1.62. The van der Waals surface area contributed by atoms with E-state index in [2.05, 4.69) is 20.1 Å². The van der Waals surface area contributed by atoms with E-state index in [-0.39, 0.29) is 12.2 Å². The van der Waals surface area contributed by atoms with Crippen molar-refractivity contribution in [3.63, 3.8) is 0 Å². The van der Waals surface area contributed by atoms with E-state index < -0.39 is 5.56 Å². The molecule has 0 amide bonds. The summed E-state index contributed by atoms with van der Waals surface area (Å²) in [5.41, 5.74) is 1.06. The maximum Gasteiger partial charge on any atom is 0.270 e. The van der Waals surface area contributed by atoms with E-state index in [4.69, 9.17) is 9.26 Å². The Morgan fingerprint density at radius 3 is 2.70 bits per heavy atom. The molecule has 0 spiro atoms. The van der Waals surface area contributed by atoms with Crippen LogP contribution in [0.25, 0.3) is 22.6 Å². The van der Waals surface area contributed by atoms with E-state index in [0.29, 0.717) is 39.4 Å². The molecule has 1 N–H and O–H groups in total. The second-order valence-corrected chi connectivity index (χ2v) is 6.90. The molecule has 2 heterocycles. The van der Waals surface area contributed by atoms with E-state index in [9.17, 15) is 10.1 Å². The maximum absolute atomic E-state index is 12.2. The molecule has 148 valence electrons. The molecule has 0 aliphatic carbocycles. The number of nitrogens with one attached hydrogen (secondary N) is 1. The van der Waals surface area contributed by atoms with Crippen molar-refractivity contribution in [2.75, 3.05) is 6.26 Å². The van der Waals surface area contributed by atoms with Crippen molar-refractivity contribution in [1.82, 2.24) is 20.1 Å². The number of nitriles is 1. The van der Waals surface area contributed by atoms with Crippen LogP contribution >= 0.6 is 11.8 Å². The number of aromatic amines is 1. The average Bonchev–Trinajstić information content (AvgIpc) is 3.27. The highest BCUT2D eigenvalue weighted by atomic mass is 32.2. The van der Waals surface area contributed by atoms with Gasteiger partial charge in [-0.15, -0.1) is 0 Å². The third kappa shape index (κ3) is 4.09. The van der Waals surface area contributed by atoms with Gasteiger partial charge in [-0.25, -0.2) is 4.98 Å². The molecule has 0 atom stereocenters. The zero-order valence-corrected chi connectivity index (χ0v) is 16.6. The number of ether oxygens (including phenoxy) is 1. The van der Waals surface area contributed by atoms with Gasteiger partial charge in [0, 0.05) is 11.1 Å². The van der Waals surface area contributed by atoms with Gasteiger partial charge in [0.1, 0.15) is 17.4 Å². The zero-order valence-electron chi connectivity index (χ0n) is 15.8. The standard InChI is InChI=1S/C21H15N5O3S/c1-30-21-24-18(16(11-22)20(27)25-21)13-6-5-7-14(10-13)19-23-17(29-26-19)12-28-15-8-3-2-4-9-15/h2-10H,12H2,1H3,(H,24,25,27). The predicted octanol–water partition coefficient (Wildman–Crippen LogP) is 3.66. The Morgan fingerprint density at radius 2 is 1.93 bits per heavy atom. The molecular weight excluding hydrogens is 402 g/mol. The predicted molar refractivity (Wildman–Crippen MR) is 111 cm³/mol. The summed E-state index contributed by atoms with van der Waals surface area (Å²) in [6.07, 6.45) is 1.79. The number of aromatic nitrogens is 4. The van der Waals surface area contributed by atoms with Gasteiger partial charge in [-0.3, -0.25) is 4.79 Å². The highest BCUT2D eigenvalue weighted by Crippen LogP contribution is 2.26. The first kappa shape index (κ1) is 19.4. The van der Waals surface area contributed by atoms with Crippen LogP contribution in [0.1, 0.15) is 11.5 Å². The van der Waals surface area contributed by atoms with Crippen molar-refractivity contribution in [2.24, 2.45) is 0 Å². The molecule has 0 saturated carbocycles. The number of benzene rings is 2. The molecule has 4 aromatic rings. The summed E-state index contributed by atoms with van der Waals surface area (Å²) in [6.45, 7) is 0.141. The number of para-hydroxylation sites is 1. The van der Waals surface area contributed by atoms with Crippen molar-refractivity contribution in [3.05, 3.63) is 76.4 Å². The normalized spacial score (nSPS) is 10.5. The number of thioether (sulfide) groups is 1. The summed E-state index contributed by atoms with van der Waals surface area (Å²) in [7, 11) is 0. The third-order valence-electron chi connectivity index (χ3n) is 4.17. The van der Waals surface area contributed by atoms with Crippen molar-refractivity contribution in [3.8, 4) is 34.5 Å². The summed E-state index contributed by atoms with van der Waals surface area (Å²) >= 11 is 1.29. The lowest BCUT2D eigenvalue weighted by molar-refractivity contribution is 0.243. The van der Waals surface area contributed by atoms with Crippen LogP contribution in [0.2, 0.25) is 0 Å². The molecule has 4 rings (SSSR count). The third-order valence-corrected chi connectivity index (χ3v) is 4.75. The van der Waals surface area contributed by atoms with Gasteiger partial charge in [-0.1, -0.05) is 53.3 Å². The largest absolute Gasteiger partial charge is 0.484 e. The van der Waals surface area contributed by atoms with Crippen molar-refractivity contribution >= 4 is 11.8 Å². The Morgan fingerprint density at radius 1 is 1.13 bits per heavy atom. The van der Waals surface area contributed by atoms with Crippen LogP contribution in [0, 0.1) is 11.3 Å². The number of hydrogen-bond acceptors (Lipinski definition) is 8. The van der Waals surface area contributed by atoms with Gasteiger partial charge in [0.15, 0.2) is 11.8 Å². The quantitative estimate of drug-likeness (QED) is 0.373. The molecule has 0 saturated heterocycles. The minimum Gasteiger partial charge on any atom is -0.484 e. The highest BCUT2D eigenvalue weighted by Gasteiger charge is 2.15. The van der Waals surface area contributed by atoms with E-state index in [1.54, 1.807) is 24.5 Å². The van der Waals surface area contributed by atoms with Crippen molar-refractivity contribution < 1.29 is 9.26 Å². The van der Waals surface area contributed by atoms with Gasteiger partial charge in [0.2, 0.25) is 5.82 Å². The molecule has 0 aliphatic heterocycles. The molecule has 0 radical (unpaired) electrons. The Kier molecular flexibility index (Phi) is 5.59. The molecule has 0 aliphatic rings. The Hall–Kier alpha value is -3.90. The van der Waals surface area contributed by atoms with E-state index >= 15 is 0 Å². The van der Waals surface area contributed by atoms with Crippen LogP contribution in [-0.4, -0.2) is 26.4 Å². The number of rotatable bonds is 6. The Bertz CT molecular complexity index is 1280. The van der Waals surface area contributed by atoms with Gasteiger partial charge in [0.25, 0.3) is 11.4 Å². The minimum atomic E-state index is -0.475. The summed E-state index contributed by atoms with van der Waals surface area (Å²) < 4.78 is 10.9. The zero-order chi connectivity index (χ0) is 20.9. The minimum absolute atomic E-state index is 0.0463. The summed E-state index contributed by atoms with van der Waals surface area (Å²) in [6, 6.07) is 18.4. The lowest BCUT2D eigenvalue weighted by atomic mass is 10.0. The van der Waals surface area contributed by atoms with E-state index in [1.807, 2.05) is 42.5 Å². The van der Waals surface area contributed by atoms with Crippen LogP contribution in [0.3, 0.4) is 0 Å². The fourth-order valence-electron chi connectivity index (χ4n) is 2.76. The summed E-state index contributed by atoms with van der Waals surface area (Å²) in [5, 5.41) is 13.8. The molecule has 0 fully saturated rings. The van der Waals surface area contributed by atoms with Gasteiger partial charge in [-0.2, -0.15) is 10.2 Å². The fourth-order valence-corrected chi connectivity index (χ4v) is 3.14. The average molecular weight is 417 g/mol. The van der Waals surface area contributed by atoms with Gasteiger partial charge in [0.05, 0.1) is 5.69 Å². The molecule has 0 unspecified atom stereocenters. The second kappa shape index (κ2) is 8.63.